The van der Waals surface area contributed by atoms with Gasteiger partial charge in [-0.15, -0.1) is 8.78 Å². The first-order valence-electron chi connectivity index (χ1n) is 7.75. The van der Waals surface area contributed by atoms with Crippen LogP contribution in [-0.4, -0.2) is 16.1 Å². The van der Waals surface area contributed by atoms with E-state index in [-0.39, 0.29) is 23.0 Å². The fraction of sp³-hybridized carbons (Fsp3) is 0.471. The Bertz CT molecular complexity index is 738. The van der Waals surface area contributed by atoms with E-state index in [9.17, 15) is 8.78 Å². The topological polar surface area (TPSA) is 48.3 Å². The zero-order valence-electron chi connectivity index (χ0n) is 14.1. The molecule has 0 aliphatic carbocycles. The number of aromatic nitrogens is 2. The lowest BCUT2D eigenvalue weighted by molar-refractivity contribution is -0.286. The molecule has 2 heterocycles. The Morgan fingerprint density at radius 3 is 2.67 bits per heavy atom. The average molecular weight is 337 g/mol. The first-order chi connectivity index (χ1) is 11.2. The van der Waals surface area contributed by atoms with Gasteiger partial charge in [-0.2, -0.15) is 5.10 Å². The fourth-order valence-corrected chi connectivity index (χ4v) is 2.89. The molecule has 0 radical (unpaired) electrons. The third-order valence-electron chi connectivity index (χ3n) is 3.93. The molecule has 0 saturated heterocycles. The maximum absolute atomic E-state index is 13.3. The van der Waals surface area contributed by atoms with Crippen molar-refractivity contribution in [3.05, 3.63) is 41.7 Å². The number of fused-ring (bicyclic) bond motifs is 1. The highest BCUT2D eigenvalue weighted by Crippen LogP contribution is 2.43. The van der Waals surface area contributed by atoms with Crippen molar-refractivity contribution in [2.75, 3.05) is 0 Å². The average Bonchev–Trinajstić information content (AvgIpc) is 2.99. The minimum absolute atomic E-state index is 0.00453. The van der Waals surface area contributed by atoms with E-state index >= 15 is 0 Å². The van der Waals surface area contributed by atoms with Crippen molar-refractivity contribution in [2.45, 2.75) is 39.7 Å². The number of halogens is 2. The molecule has 1 atom stereocenters. The first-order valence-corrected chi connectivity index (χ1v) is 7.75. The van der Waals surface area contributed by atoms with Crippen molar-refractivity contribution in [1.29, 1.82) is 0 Å². The molecule has 1 N–H and O–H groups in total. The smallest absolute Gasteiger partial charge is 0.395 e. The molecule has 1 aromatic heterocycles. The van der Waals surface area contributed by atoms with Crippen LogP contribution >= 0.6 is 0 Å². The Hall–Kier alpha value is -2.15. The summed E-state index contributed by atoms with van der Waals surface area (Å²) in [5.74, 6) is 0.154. The molecule has 5 nitrogen and oxygen atoms in total. The van der Waals surface area contributed by atoms with Crippen LogP contribution < -0.4 is 14.8 Å². The Morgan fingerprint density at radius 2 is 2.04 bits per heavy atom. The maximum atomic E-state index is 13.3. The van der Waals surface area contributed by atoms with Crippen molar-refractivity contribution in [2.24, 2.45) is 12.5 Å². The van der Waals surface area contributed by atoms with Crippen LogP contribution in [0.4, 0.5) is 8.78 Å². The highest BCUT2D eigenvalue weighted by molar-refractivity contribution is 5.48. The van der Waals surface area contributed by atoms with Gasteiger partial charge in [-0.1, -0.05) is 32.9 Å². The number of hydrogen-bond acceptors (Lipinski definition) is 4. The van der Waals surface area contributed by atoms with Gasteiger partial charge in [0.15, 0.2) is 11.5 Å². The number of aryl methyl sites for hydroxylation is 1. The van der Waals surface area contributed by atoms with E-state index in [0.29, 0.717) is 12.1 Å². The number of alkyl halides is 2. The largest absolute Gasteiger partial charge is 0.586 e. The van der Waals surface area contributed by atoms with E-state index in [1.807, 2.05) is 19.4 Å². The summed E-state index contributed by atoms with van der Waals surface area (Å²) in [4.78, 5) is 0. The summed E-state index contributed by atoms with van der Waals surface area (Å²) in [6, 6.07) is 4.91. The quantitative estimate of drug-likeness (QED) is 0.926. The normalized spacial score (nSPS) is 17.1. The van der Waals surface area contributed by atoms with Crippen molar-refractivity contribution < 1.29 is 18.3 Å². The van der Waals surface area contributed by atoms with E-state index < -0.39 is 6.29 Å². The summed E-state index contributed by atoms with van der Waals surface area (Å²) in [5, 5.41) is 7.64. The van der Waals surface area contributed by atoms with Gasteiger partial charge in [-0.25, -0.2) is 0 Å². The van der Waals surface area contributed by atoms with Gasteiger partial charge < -0.3 is 14.8 Å². The minimum atomic E-state index is -3.61. The molecule has 1 unspecified atom stereocenters. The van der Waals surface area contributed by atoms with Crippen LogP contribution in [0.15, 0.2) is 30.6 Å². The summed E-state index contributed by atoms with van der Waals surface area (Å²) >= 11 is 0. The lowest BCUT2D eigenvalue weighted by atomic mass is 9.83. The van der Waals surface area contributed by atoms with Gasteiger partial charge in [0.2, 0.25) is 0 Å². The molecule has 0 fully saturated rings. The second-order valence-electron chi connectivity index (χ2n) is 7.04. The van der Waals surface area contributed by atoms with Gasteiger partial charge in [0, 0.05) is 37.0 Å². The van der Waals surface area contributed by atoms with E-state index in [2.05, 4.69) is 40.7 Å². The van der Waals surface area contributed by atoms with Gasteiger partial charge in [0.25, 0.3) is 0 Å². The summed E-state index contributed by atoms with van der Waals surface area (Å²) in [6.07, 6.45) is 0.156. The number of benzene rings is 1. The highest BCUT2D eigenvalue weighted by atomic mass is 19.3. The third-order valence-corrected chi connectivity index (χ3v) is 3.93. The molecule has 0 saturated carbocycles. The van der Waals surface area contributed by atoms with Crippen LogP contribution in [0.25, 0.3) is 0 Å². The van der Waals surface area contributed by atoms with Gasteiger partial charge in [-0.3, -0.25) is 4.68 Å². The van der Waals surface area contributed by atoms with Crippen molar-refractivity contribution in [3.63, 3.8) is 0 Å². The Morgan fingerprint density at radius 1 is 1.29 bits per heavy atom. The molecular formula is C17H21F2N3O2. The lowest BCUT2D eigenvalue weighted by Gasteiger charge is -2.31. The van der Waals surface area contributed by atoms with Gasteiger partial charge in [0.1, 0.15) is 0 Å². The molecule has 24 heavy (non-hydrogen) atoms. The Kier molecular flexibility index (Phi) is 3.99. The van der Waals surface area contributed by atoms with Crippen LogP contribution in [0.1, 0.15) is 37.9 Å². The maximum Gasteiger partial charge on any atom is 0.586 e. The monoisotopic (exact) mass is 337 g/mol. The molecule has 0 bridgehead atoms. The summed E-state index contributed by atoms with van der Waals surface area (Å²) < 4.78 is 37.5. The fourth-order valence-electron chi connectivity index (χ4n) is 2.89. The SMILES string of the molecule is Cn1cc(C(NCc2cccc3c2OC(F)(F)O3)C(C)(C)C)cn1. The minimum Gasteiger partial charge on any atom is -0.395 e. The van der Waals surface area contributed by atoms with Crippen LogP contribution in [0.3, 0.4) is 0 Å². The summed E-state index contributed by atoms with van der Waals surface area (Å²) in [5.41, 5.74) is 1.59. The zero-order valence-corrected chi connectivity index (χ0v) is 14.1. The van der Waals surface area contributed by atoms with E-state index in [1.54, 1.807) is 16.8 Å². The van der Waals surface area contributed by atoms with Crippen LogP contribution in [0.5, 0.6) is 11.5 Å². The molecule has 0 spiro atoms. The van der Waals surface area contributed by atoms with Crippen LogP contribution in [-0.2, 0) is 13.6 Å². The number of hydrogen-bond donors (Lipinski definition) is 1. The van der Waals surface area contributed by atoms with Gasteiger partial charge in [-0.05, 0) is 11.5 Å². The molecule has 1 aromatic carbocycles. The number of para-hydroxylation sites is 1. The molecular weight excluding hydrogens is 316 g/mol. The Balaban J connectivity index is 1.81. The second kappa shape index (κ2) is 5.73. The van der Waals surface area contributed by atoms with Crippen LogP contribution in [0, 0.1) is 5.41 Å². The molecule has 1 aliphatic heterocycles. The molecule has 2 aromatic rings. The number of ether oxygens (including phenoxy) is 2. The van der Waals surface area contributed by atoms with Crippen molar-refractivity contribution >= 4 is 0 Å². The first kappa shape index (κ1) is 16.7. The summed E-state index contributed by atoms with van der Waals surface area (Å²) in [6.45, 7) is 6.71. The number of nitrogens with zero attached hydrogens (tertiary/aromatic N) is 2. The predicted octanol–water partition coefficient (Wildman–Crippen LogP) is 3.62. The van der Waals surface area contributed by atoms with Gasteiger partial charge in [0.05, 0.1) is 6.20 Å². The molecule has 130 valence electrons. The Labute approximate surface area is 139 Å². The molecule has 0 amide bonds. The van der Waals surface area contributed by atoms with E-state index in [0.717, 1.165) is 5.56 Å². The standard InChI is InChI=1S/C17H21F2N3O2/c1-16(2,3)15(12-9-21-22(4)10-12)20-8-11-6-5-7-13-14(11)24-17(18,19)23-13/h5-7,9-10,15,20H,8H2,1-4H3. The molecule has 3 rings (SSSR count). The number of rotatable bonds is 4. The molecule has 1 aliphatic rings. The molecule has 7 heteroatoms. The van der Waals surface area contributed by atoms with E-state index in [4.69, 9.17) is 0 Å². The lowest BCUT2D eigenvalue weighted by Crippen LogP contribution is -2.32. The third kappa shape index (κ3) is 3.36. The number of nitrogens with one attached hydrogen (secondary N) is 1. The van der Waals surface area contributed by atoms with Crippen LogP contribution in [0.2, 0.25) is 0 Å². The van der Waals surface area contributed by atoms with Gasteiger partial charge >= 0.3 is 6.29 Å². The zero-order chi connectivity index (χ0) is 17.5. The summed E-state index contributed by atoms with van der Waals surface area (Å²) in [7, 11) is 1.86. The second-order valence-corrected chi connectivity index (χ2v) is 7.04. The van der Waals surface area contributed by atoms with Crippen molar-refractivity contribution in [1.82, 2.24) is 15.1 Å². The predicted molar refractivity (Wildman–Crippen MR) is 84.9 cm³/mol. The highest BCUT2D eigenvalue weighted by Gasteiger charge is 2.44. The van der Waals surface area contributed by atoms with Crippen molar-refractivity contribution in [3.8, 4) is 11.5 Å². The van der Waals surface area contributed by atoms with E-state index in [1.165, 1.54) is 6.07 Å².